The summed E-state index contributed by atoms with van der Waals surface area (Å²) in [5, 5.41) is 1.27. The topological polar surface area (TPSA) is 52.1 Å². The van der Waals surface area contributed by atoms with E-state index in [1.54, 1.807) is 18.3 Å². The number of halogens is 1. The second kappa shape index (κ2) is 6.30. The molecule has 2 aromatic rings. The number of carbonyl (C=O) groups excluding carboxylic acids is 1. The van der Waals surface area contributed by atoms with Crippen molar-refractivity contribution >= 4 is 39.1 Å². The van der Waals surface area contributed by atoms with E-state index < -0.39 is 0 Å². The van der Waals surface area contributed by atoms with Crippen LogP contribution in [0.2, 0.25) is 5.15 Å². The second-order valence-electron chi connectivity index (χ2n) is 4.09. The molecule has 0 amide bonds. The zero-order chi connectivity index (χ0) is 13.8. The Labute approximate surface area is 120 Å². The summed E-state index contributed by atoms with van der Waals surface area (Å²) in [4.78, 5) is 22.0. The highest BCUT2D eigenvalue weighted by Crippen LogP contribution is 2.29. The van der Waals surface area contributed by atoms with Crippen LogP contribution in [0.5, 0.6) is 0 Å². The number of nitrogens with zero attached hydrogens (tertiary/aromatic N) is 2. The Morgan fingerprint density at radius 3 is 2.89 bits per heavy atom. The van der Waals surface area contributed by atoms with Crippen molar-refractivity contribution in [1.29, 1.82) is 0 Å². The molecule has 0 aliphatic rings. The molecule has 0 spiro atoms. The summed E-state index contributed by atoms with van der Waals surface area (Å²) in [6.45, 7) is 4.25. The van der Waals surface area contributed by atoms with E-state index in [2.05, 4.69) is 16.9 Å². The molecule has 6 heteroatoms. The monoisotopic (exact) mass is 298 g/mol. The Balaban J connectivity index is 2.29. The van der Waals surface area contributed by atoms with Gasteiger partial charge in [0.15, 0.2) is 0 Å². The number of hydrogen-bond donors (Lipinski definition) is 0. The van der Waals surface area contributed by atoms with Gasteiger partial charge in [-0.3, -0.25) is 4.79 Å². The van der Waals surface area contributed by atoms with Crippen LogP contribution in [0, 0.1) is 0 Å². The van der Waals surface area contributed by atoms with Gasteiger partial charge in [-0.25, -0.2) is 9.97 Å². The standard InChI is InChI=1S/C13H15ClN2O2S/c1-3-5-8-6-9-12(14)15-10(16-13(9)19-8)7-11(17)18-4-2/h6H,3-5,7H2,1-2H3. The maximum absolute atomic E-state index is 11.4. The fourth-order valence-corrected chi connectivity index (χ4v) is 3.21. The maximum Gasteiger partial charge on any atom is 0.313 e. The Hall–Kier alpha value is -1.20. The Morgan fingerprint density at radius 2 is 2.21 bits per heavy atom. The highest BCUT2D eigenvalue weighted by Gasteiger charge is 2.13. The van der Waals surface area contributed by atoms with Crippen LogP contribution >= 0.6 is 22.9 Å². The minimum absolute atomic E-state index is 0.0600. The van der Waals surface area contributed by atoms with Crippen LogP contribution in [0.15, 0.2) is 6.07 Å². The summed E-state index contributed by atoms with van der Waals surface area (Å²) < 4.78 is 4.88. The minimum Gasteiger partial charge on any atom is -0.466 e. The number of fused-ring (bicyclic) bond motifs is 1. The van der Waals surface area contributed by atoms with Crippen LogP contribution in [0.3, 0.4) is 0 Å². The van der Waals surface area contributed by atoms with E-state index in [4.69, 9.17) is 16.3 Å². The van der Waals surface area contributed by atoms with Gasteiger partial charge in [0.25, 0.3) is 0 Å². The van der Waals surface area contributed by atoms with E-state index in [0.29, 0.717) is 17.6 Å². The number of esters is 1. The van der Waals surface area contributed by atoms with Crippen molar-refractivity contribution in [2.75, 3.05) is 6.61 Å². The molecule has 2 heterocycles. The van der Waals surface area contributed by atoms with Crippen LogP contribution in [-0.4, -0.2) is 22.5 Å². The number of thiophene rings is 1. The lowest BCUT2D eigenvalue weighted by Crippen LogP contribution is -2.10. The van der Waals surface area contributed by atoms with Gasteiger partial charge < -0.3 is 4.74 Å². The van der Waals surface area contributed by atoms with Crippen molar-refractivity contribution < 1.29 is 9.53 Å². The van der Waals surface area contributed by atoms with Gasteiger partial charge in [-0.2, -0.15) is 0 Å². The quantitative estimate of drug-likeness (QED) is 0.627. The molecular weight excluding hydrogens is 284 g/mol. The van der Waals surface area contributed by atoms with Gasteiger partial charge in [-0.05, 0) is 19.4 Å². The second-order valence-corrected chi connectivity index (χ2v) is 5.57. The molecule has 0 aliphatic carbocycles. The first-order chi connectivity index (χ1) is 9.13. The lowest BCUT2D eigenvalue weighted by molar-refractivity contribution is -0.142. The van der Waals surface area contributed by atoms with Crippen molar-refractivity contribution in [1.82, 2.24) is 9.97 Å². The van der Waals surface area contributed by atoms with Crippen molar-refractivity contribution in [2.45, 2.75) is 33.1 Å². The fourth-order valence-electron chi connectivity index (χ4n) is 1.77. The summed E-state index contributed by atoms with van der Waals surface area (Å²) in [6, 6.07) is 2.03. The van der Waals surface area contributed by atoms with Crippen LogP contribution in [-0.2, 0) is 22.4 Å². The summed E-state index contributed by atoms with van der Waals surface area (Å²) in [7, 11) is 0. The Morgan fingerprint density at radius 1 is 1.42 bits per heavy atom. The molecule has 0 fully saturated rings. The highest BCUT2D eigenvalue weighted by atomic mass is 35.5. The van der Waals surface area contributed by atoms with E-state index >= 15 is 0 Å². The normalized spacial score (nSPS) is 10.9. The molecule has 0 saturated carbocycles. The average Bonchev–Trinajstić information content (AvgIpc) is 2.73. The molecule has 2 aromatic heterocycles. The number of aryl methyl sites for hydroxylation is 1. The van der Waals surface area contributed by atoms with Gasteiger partial charge in [0.05, 0.1) is 6.61 Å². The average molecular weight is 299 g/mol. The SMILES string of the molecule is CCCc1cc2c(Cl)nc(CC(=O)OCC)nc2s1. The predicted octanol–water partition coefficient (Wildman–Crippen LogP) is 3.40. The van der Waals surface area contributed by atoms with Crippen LogP contribution in [0.4, 0.5) is 0 Å². The molecule has 0 aliphatic heterocycles. The summed E-state index contributed by atoms with van der Waals surface area (Å²) in [6.07, 6.45) is 2.14. The third-order valence-corrected chi connectivity index (χ3v) is 3.92. The molecular formula is C13H15ClN2O2S. The lowest BCUT2D eigenvalue weighted by Gasteiger charge is -2.01. The van der Waals surface area contributed by atoms with Crippen molar-refractivity contribution in [3.8, 4) is 0 Å². The first kappa shape index (κ1) is 14.2. The number of carbonyl (C=O) groups is 1. The zero-order valence-corrected chi connectivity index (χ0v) is 12.5. The number of aromatic nitrogens is 2. The van der Waals surface area contributed by atoms with Gasteiger partial charge in [0.2, 0.25) is 0 Å². The van der Waals surface area contributed by atoms with Crippen LogP contribution in [0.1, 0.15) is 31.0 Å². The van der Waals surface area contributed by atoms with Gasteiger partial charge >= 0.3 is 5.97 Å². The molecule has 4 nitrogen and oxygen atoms in total. The summed E-state index contributed by atoms with van der Waals surface area (Å²) >= 11 is 7.74. The summed E-state index contributed by atoms with van der Waals surface area (Å²) in [5.41, 5.74) is 0. The fraction of sp³-hybridized carbons (Fsp3) is 0.462. The molecule has 0 saturated heterocycles. The number of hydrogen-bond acceptors (Lipinski definition) is 5. The van der Waals surface area contributed by atoms with Gasteiger partial charge in [-0.1, -0.05) is 24.9 Å². The van der Waals surface area contributed by atoms with E-state index in [1.807, 2.05) is 6.07 Å². The maximum atomic E-state index is 11.4. The molecule has 0 aromatic carbocycles. The van der Waals surface area contributed by atoms with E-state index in [0.717, 1.165) is 23.1 Å². The lowest BCUT2D eigenvalue weighted by atomic mass is 10.2. The molecule has 0 radical (unpaired) electrons. The largest absolute Gasteiger partial charge is 0.466 e. The van der Waals surface area contributed by atoms with E-state index in [1.165, 1.54) is 4.88 Å². The van der Waals surface area contributed by atoms with Crippen LogP contribution < -0.4 is 0 Å². The van der Waals surface area contributed by atoms with Gasteiger partial charge in [-0.15, -0.1) is 11.3 Å². The molecule has 0 unspecified atom stereocenters. The molecule has 19 heavy (non-hydrogen) atoms. The van der Waals surface area contributed by atoms with E-state index in [-0.39, 0.29) is 12.4 Å². The Kier molecular flexibility index (Phi) is 4.71. The molecule has 0 atom stereocenters. The molecule has 102 valence electrons. The molecule has 2 rings (SSSR count). The molecule has 0 N–H and O–H groups in total. The highest BCUT2D eigenvalue weighted by molar-refractivity contribution is 7.18. The third kappa shape index (κ3) is 3.42. The smallest absolute Gasteiger partial charge is 0.313 e. The zero-order valence-electron chi connectivity index (χ0n) is 10.9. The van der Waals surface area contributed by atoms with Crippen LogP contribution in [0.25, 0.3) is 10.2 Å². The first-order valence-corrected chi connectivity index (χ1v) is 7.44. The van der Waals surface area contributed by atoms with Crippen molar-refractivity contribution in [3.05, 3.63) is 21.9 Å². The minimum atomic E-state index is -0.330. The van der Waals surface area contributed by atoms with Crippen molar-refractivity contribution in [2.24, 2.45) is 0 Å². The Bertz CT molecular complexity index is 598. The third-order valence-electron chi connectivity index (χ3n) is 2.55. The number of rotatable bonds is 5. The molecule has 0 bridgehead atoms. The summed E-state index contributed by atoms with van der Waals surface area (Å²) in [5.74, 6) is 0.0871. The van der Waals surface area contributed by atoms with Crippen molar-refractivity contribution in [3.63, 3.8) is 0 Å². The predicted molar refractivity (Wildman–Crippen MR) is 76.8 cm³/mol. The van der Waals surface area contributed by atoms with E-state index in [9.17, 15) is 4.79 Å². The number of ether oxygens (including phenoxy) is 1. The van der Waals surface area contributed by atoms with Gasteiger partial charge in [0, 0.05) is 10.3 Å². The first-order valence-electron chi connectivity index (χ1n) is 6.24. The van der Waals surface area contributed by atoms with Gasteiger partial charge in [0.1, 0.15) is 22.2 Å².